The molecular formula is C18H26N6O. The van der Waals surface area contributed by atoms with Crippen LogP contribution >= 0.6 is 0 Å². The maximum Gasteiger partial charge on any atom is 0.323 e. The van der Waals surface area contributed by atoms with E-state index < -0.39 is 0 Å². The number of rotatable bonds is 4. The van der Waals surface area contributed by atoms with Crippen LogP contribution in [0.25, 0.3) is 0 Å². The molecule has 0 aliphatic heterocycles. The average molecular weight is 342 g/mol. The number of urea groups is 1. The van der Waals surface area contributed by atoms with Crippen molar-refractivity contribution < 1.29 is 4.79 Å². The first kappa shape index (κ1) is 16.2. The second-order valence-electron chi connectivity index (χ2n) is 7.31. The highest BCUT2D eigenvalue weighted by Crippen LogP contribution is 2.35. The van der Waals surface area contributed by atoms with E-state index in [0.717, 1.165) is 29.9 Å². The van der Waals surface area contributed by atoms with Gasteiger partial charge in [0.15, 0.2) is 0 Å². The summed E-state index contributed by atoms with van der Waals surface area (Å²) in [4.78, 5) is 12.4. The molecule has 134 valence electrons. The third-order valence-corrected chi connectivity index (χ3v) is 5.41. The second kappa shape index (κ2) is 6.90. The first-order valence-electron chi connectivity index (χ1n) is 9.35. The third kappa shape index (κ3) is 3.55. The van der Waals surface area contributed by atoms with Crippen molar-refractivity contribution in [3.05, 3.63) is 24.3 Å². The highest BCUT2D eigenvalue weighted by molar-refractivity contribution is 5.99. The number of carbonyl (C=O) groups is 1. The minimum atomic E-state index is -0.238. The Bertz CT molecular complexity index is 739. The van der Waals surface area contributed by atoms with Crippen LogP contribution in [0.15, 0.2) is 18.6 Å². The van der Waals surface area contributed by atoms with Crippen molar-refractivity contribution in [3.8, 4) is 0 Å². The molecule has 0 aromatic carbocycles. The Morgan fingerprint density at radius 2 is 1.88 bits per heavy atom. The Kier molecular flexibility index (Phi) is 4.46. The number of hydrogen-bond acceptors (Lipinski definition) is 3. The van der Waals surface area contributed by atoms with Gasteiger partial charge < -0.3 is 10.6 Å². The predicted octanol–water partition coefficient (Wildman–Crippen LogP) is 4.03. The van der Waals surface area contributed by atoms with Crippen molar-refractivity contribution in [1.82, 2.24) is 19.6 Å². The highest BCUT2D eigenvalue weighted by Gasteiger charge is 2.23. The molecule has 7 heteroatoms. The SMILES string of the molecule is Cn1cc(NC(=O)Nc2cnn(C3CCC3)c2)c(C2CCCCC2)n1. The van der Waals surface area contributed by atoms with E-state index in [1.54, 1.807) is 10.9 Å². The lowest BCUT2D eigenvalue weighted by molar-refractivity contribution is 0.262. The van der Waals surface area contributed by atoms with Gasteiger partial charge in [0.05, 0.1) is 29.3 Å². The van der Waals surface area contributed by atoms with E-state index in [-0.39, 0.29) is 6.03 Å². The fraction of sp³-hybridized carbons (Fsp3) is 0.611. The van der Waals surface area contributed by atoms with Gasteiger partial charge in [-0.1, -0.05) is 19.3 Å². The number of amides is 2. The van der Waals surface area contributed by atoms with E-state index in [2.05, 4.69) is 20.8 Å². The Hall–Kier alpha value is -2.31. The van der Waals surface area contributed by atoms with E-state index in [9.17, 15) is 4.79 Å². The van der Waals surface area contributed by atoms with Crippen molar-refractivity contribution >= 4 is 17.4 Å². The normalized spacial score (nSPS) is 18.8. The molecule has 2 saturated carbocycles. The average Bonchev–Trinajstić information content (AvgIpc) is 3.13. The minimum absolute atomic E-state index is 0.238. The summed E-state index contributed by atoms with van der Waals surface area (Å²) in [5, 5.41) is 14.8. The standard InChI is InChI=1S/C18H26N6O/c1-23-12-16(17(22-23)13-6-3-2-4-7-13)21-18(25)20-14-10-19-24(11-14)15-8-5-9-15/h10-13,15H,2-9H2,1H3,(H2,20,21,25). The molecule has 25 heavy (non-hydrogen) atoms. The molecule has 0 spiro atoms. The smallest absolute Gasteiger partial charge is 0.305 e. The van der Waals surface area contributed by atoms with Crippen molar-refractivity contribution in [2.24, 2.45) is 7.05 Å². The molecule has 2 aromatic heterocycles. The molecule has 2 N–H and O–H groups in total. The molecule has 0 saturated heterocycles. The zero-order valence-corrected chi connectivity index (χ0v) is 14.7. The molecule has 2 heterocycles. The largest absolute Gasteiger partial charge is 0.323 e. The van der Waals surface area contributed by atoms with Crippen LogP contribution in [0.2, 0.25) is 0 Å². The zero-order chi connectivity index (χ0) is 17.2. The lowest BCUT2D eigenvalue weighted by Gasteiger charge is -2.25. The Labute approximate surface area is 147 Å². The highest BCUT2D eigenvalue weighted by atomic mass is 16.2. The quantitative estimate of drug-likeness (QED) is 0.880. The van der Waals surface area contributed by atoms with Crippen LogP contribution in [0.3, 0.4) is 0 Å². The number of aromatic nitrogens is 4. The summed E-state index contributed by atoms with van der Waals surface area (Å²) in [6, 6.07) is 0.257. The third-order valence-electron chi connectivity index (χ3n) is 5.41. The molecule has 2 amide bonds. The van der Waals surface area contributed by atoms with E-state index >= 15 is 0 Å². The topological polar surface area (TPSA) is 76.8 Å². The molecule has 7 nitrogen and oxygen atoms in total. The van der Waals surface area contributed by atoms with Gasteiger partial charge in [-0.15, -0.1) is 0 Å². The first-order valence-corrected chi connectivity index (χ1v) is 9.35. The van der Waals surface area contributed by atoms with Crippen LogP contribution in [0.4, 0.5) is 16.2 Å². The number of hydrogen-bond donors (Lipinski definition) is 2. The van der Waals surface area contributed by atoms with Crippen LogP contribution in [-0.4, -0.2) is 25.6 Å². The first-order chi connectivity index (χ1) is 12.2. The van der Waals surface area contributed by atoms with Crippen LogP contribution in [0.1, 0.15) is 69.0 Å². The summed E-state index contributed by atoms with van der Waals surface area (Å²) in [5.74, 6) is 0.451. The van der Waals surface area contributed by atoms with E-state index in [0.29, 0.717) is 12.0 Å². The Morgan fingerprint density at radius 3 is 2.60 bits per heavy atom. The van der Waals surface area contributed by atoms with Gasteiger partial charge in [-0.05, 0) is 32.1 Å². The van der Waals surface area contributed by atoms with Gasteiger partial charge >= 0.3 is 6.03 Å². The van der Waals surface area contributed by atoms with Gasteiger partial charge in [-0.25, -0.2) is 4.79 Å². The van der Waals surface area contributed by atoms with Gasteiger partial charge in [0.25, 0.3) is 0 Å². The summed E-state index contributed by atoms with van der Waals surface area (Å²) >= 11 is 0. The minimum Gasteiger partial charge on any atom is -0.305 e. The molecule has 2 aromatic rings. The molecule has 0 radical (unpaired) electrons. The van der Waals surface area contributed by atoms with Crippen LogP contribution in [0, 0.1) is 0 Å². The fourth-order valence-electron chi connectivity index (χ4n) is 3.82. The molecule has 2 aliphatic rings. The zero-order valence-electron chi connectivity index (χ0n) is 14.7. The molecule has 4 rings (SSSR count). The van der Waals surface area contributed by atoms with E-state index in [1.165, 1.54) is 38.5 Å². The maximum atomic E-state index is 12.4. The molecule has 0 bridgehead atoms. The maximum absolute atomic E-state index is 12.4. The van der Waals surface area contributed by atoms with Crippen molar-refractivity contribution in [1.29, 1.82) is 0 Å². The van der Waals surface area contributed by atoms with Crippen molar-refractivity contribution in [2.75, 3.05) is 10.6 Å². The molecular weight excluding hydrogens is 316 g/mol. The van der Waals surface area contributed by atoms with Gasteiger partial charge in [-0.3, -0.25) is 9.36 Å². The Balaban J connectivity index is 1.41. The number of carbonyl (C=O) groups excluding carboxylic acids is 1. The van der Waals surface area contributed by atoms with Crippen LogP contribution in [-0.2, 0) is 7.05 Å². The fourth-order valence-corrected chi connectivity index (χ4v) is 3.82. The predicted molar refractivity (Wildman–Crippen MR) is 96.8 cm³/mol. The number of nitrogens with zero attached hydrogens (tertiary/aromatic N) is 4. The number of aryl methyl sites for hydroxylation is 1. The van der Waals surface area contributed by atoms with Crippen molar-refractivity contribution in [2.45, 2.75) is 63.3 Å². The van der Waals surface area contributed by atoms with Gasteiger partial charge in [-0.2, -0.15) is 10.2 Å². The number of anilines is 2. The van der Waals surface area contributed by atoms with Gasteiger partial charge in [0, 0.05) is 25.4 Å². The molecule has 0 atom stereocenters. The summed E-state index contributed by atoms with van der Waals surface area (Å²) < 4.78 is 3.74. The Morgan fingerprint density at radius 1 is 1.08 bits per heavy atom. The van der Waals surface area contributed by atoms with Gasteiger partial charge in [0.1, 0.15) is 0 Å². The van der Waals surface area contributed by atoms with Crippen LogP contribution < -0.4 is 10.6 Å². The molecule has 0 unspecified atom stereocenters. The van der Waals surface area contributed by atoms with E-state index in [1.807, 2.05) is 24.1 Å². The van der Waals surface area contributed by atoms with Gasteiger partial charge in [0.2, 0.25) is 0 Å². The summed E-state index contributed by atoms with van der Waals surface area (Å²) in [5.41, 5.74) is 2.56. The lowest BCUT2D eigenvalue weighted by Crippen LogP contribution is -2.20. The molecule has 2 aliphatic carbocycles. The van der Waals surface area contributed by atoms with Crippen LogP contribution in [0.5, 0.6) is 0 Å². The van der Waals surface area contributed by atoms with E-state index in [4.69, 9.17) is 0 Å². The summed E-state index contributed by atoms with van der Waals surface area (Å²) in [6.07, 6.45) is 15.2. The lowest BCUT2D eigenvalue weighted by atomic mass is 9.86. The second-order valence-corrected chi connectivity index (χ2v) is 7.31. The molecule has 2 fully saturated rings. The number of nitrogens with one attached hydrogen (secondary N) is 2. The van der Waals surface area contributed by atoms with Crippen molar-refractivity contribution in [3.63, 3.8) is 0 Å². The monoisotopic (exact) mass is 342 g/mol. The summed E-state index contributed by atoms with van der Waals surface area (Å²) in [7, 11) is 1.90. The summed E-state index contributed by atoms with van der Waals surface area (Å²) in [6.45, 7) is 0.